The van der Waals surface area contributed by atoms with Crippen LogP contribution in [-0.2, 0) is 32.7 Å². The molecule has 0 aromatic rings. The maximum absolute atomic E-state index is 12.8. The second-order valence-corrected chi connectivity index (χ2v) is 19.5. The number of esters is 2. The van der Waals surface area contributed by atoms with E-state index in [2.05, 4.69) is 13.8 Å². The Bertz CT molecular complexity index is 1130. The minimum Gasteiger partial charge on any atom is -0.756 e. The van der Waals surface area contributed by atoms with E-state index in [4.69, 9.17) is 18.5 Å². The molecule has 348 valence electrons. The van der Waals surface area contributed by atoms with Crippen LogP contribution in [0.1, 0.15) is 187 Å². The van der Waals surface area contributed by atoms with Gasteiger partial charge in [0, 0.05) is 25.2 Å². The summed E-state index contributed by atoms with van der Waals surface area (Å²) < 4.78 is 33.9. The fourth-order valence-electron chi connectivity index (χ4n) is 7.63. The molecule has 13 heteroatoms. The molecule has 0 radical (unpaired) electrons. The Labute approximate surface area is 359 Å². The van der Waals surface area contributed by atoms with Crippen molar-refractivity contribution in [3.8, 4) is 0 Å². The largest absolute Gasteiger partial charge is 0.756 e. The molecule has 1 aliphatic carbocycles. The summed E-state index contributed by atoms with van der Waals surface area (Å²) in [6.45, 7) is 3.90. The third-order valence-corrected chi connectivity index (χ3v) is 12.4. The maximum atomic E-state index is 12.8. The molecule has 1 unspecified atom stereocenters. The van der Waals surface area contributed by atoms with E-state index in [0.29, 0.717) is 36.7 Å². The number of carbonyl (C=O) groups is 2. The molecule has 0 amide bonds. The van der Waals surface area contributed by atoms with Gasteiger partial charge in [-0.1, -0.05) is 154 Å². The molecule has 1 rings (SSSR count). The third-order valence-electron chi connectivity index (χ3n) is 11.4. The molecule has 0 aliphatic heterocycles. The molecular formula is C46H88NO11P. The zero-order chi connectivity index (χ0) is 43.8. The molecule has 59 heavy (non-hydrogen) atoms. The minimum atomic E-state index is -4.68. The first kappa shape index (κ1) is 55.6. The second kappa shape index (κ2) is 34.2. The quantitative estimate of drug-likeness (QED) is 0.0177. The lowest BCUT2D eigenvalue weighted by atomic mass is 9.88. The molecule has 1 saturated carbocycles. The summed E-state index contributed by atoms with van der Waals surface area (Å²) in [6.07, 6.45) is 27.2. The highest BCUT2D eigenvalue weighted by Gasteiger charge is 2.39. The highest BCUT2D eigenvalue weighted by atomic mass is 31.2. The van der Waals surface area contributed by atoms with Crippen molar-refractivity contribution in [2.75, 3.05) is 47.5 Å². The predicted molar refractivity (Wildman–Crippen MR) is 233 cm³/mol. The van der Waals surface area contributed by atoms with Gasteiger partial charge in [-0.3, -0.25) is 14.2 Å². The standard InChI is InChI=1S/C46H88NO11P/c1-6-8-10-11-12-13-14-15-16-17-18-19-20-21-26-30-45(51)55-37-40(38-57-59(53,54)56-35-34-47(3,4)5)58-46(52)31-27-23-22-25-29-41-42(44(50)36-43(41)49)33-32-39(48)28-24-9-7-2/h32-33,39-44,48-50H,6-31,34-38H2,1-5H3/b33-32+/t39-,40+,41+,42+,43-,44+/m0/s1. The van der Waals surface area contributed by atoms with Gasteiger partial charge in [0.1, 0.15) is 19.8 Å². The molecule has 7 atom stereocenters. The Hall–Kier alpha value is -1.37. The average molecular weight is 862 g/mol. The van der Waals surface area contributed by atoms with Crippen LogP contribution >= 0.6 is 7.82 Å². The number of hydrogen-bond donors (Lipinski definition) is 3. The summed E-state index contributed by atoms with van der Waals surface area (Å²) >= 11 is 0. The Balaban J connectivity index is 2.44. The highest BCUT2D eigenvalue weighted by Crippen LogP contribution is 2.39. The number of rotatable bonds is 39. The molecule has 12 nitrogen and oxygen atoms in total. The molecule has 0 aromatic heterocycles. The molecule has 0 spiro atoms. The third kappa shape index (κ3) is 31.2. The SMILES string of the molecule is CCCCCCCCCCCCCCCCCC(=O)OC[C@H](COP(=O)([O-])OCC[N+](C)(C)C)OC(=O)CCCCCC[C@@H]1[C@@H](/C=C/[C@@H](O)CCCCC)[C@H](O)C[C@@H]1O. The normalized spacial score (nSPS) is 20.5. The second-order valence-electron chi connectivity index (χ2n) is 18.1. The van der Waals surface area contributed by atoms with Crippen molar-refractivity contribution < 1.29 is 57.4 Å². The summed E-state index contributed by atoms with van der Waals surface area (Å²) in [5.41, 5.74) is 0. The Morgan fingerprint density at radius 2 is 1.22 bits per heavy atom. The van der Waals surface area contributed by atoms with Crippen molar-refractivity contribution in [3.05, 3.63) is 12.2 Å². The van der Waals surface area contributed by atoms with Crippen LogP contribution in [0.15, 0.2) is 12.2 Å². The number of likely N-dealkylation sites (N-methyl/N-ethyl adjacent to an activating group) is 1. The summed E-state index contributed by atoms with van der Waals surface area (Å²) in [6, 6.07) is 0. The number of unbranched alkanes of at least 4 members (excludes halogenated alkanes) is 19. The molecular weight excluding hydrogens is 773 g/mol. The number of aliphatic hydroxyl groups excluding tert-OH is 3. The van der Waals surface area contributed by atoms with Crippen molar-refractivity contribution >= 4 is 19.8 Å². The van der Waals surface area contributed by atoms with Crippen molar-refractivity contribution in [2.45, 2.75) is 212 Å². The molecule has 1 aliphatic rings. The number of hydrogen-bond acceptors (Lipinski definition) is 11. The van der Waals surface area contributed by atoms with Crippen LogP contribution < -0.4 is 4.89 Å². The molecule has 0 heterocycles. The fourth-order valence-corrected chi connectivity index (χ4v) is 8.36. The zero-order valence-electron chi connectivity index (χ0n) is 38.0. The van der Waals surface area contributed by atoms with Crippen LogP contribution in [0.3, 0.4) is 0 Å². The first-order chi connectivity index (χ1) is 28.2. The molecule has 1 fully saturated rings. The number of phosphoric ester groups is 1. The van der Waals surface area contributed by atoms with Crippen LogP contribution in [0, 0.1) is 11.8 Å². The van der Waals surface area contributed by atoms with Crippen LogP contribution in [0.5, 0.6) is 0 Å². The van der Waals surface area contributed by atoms with Gasteiger partial charge < -0.3 is 43.2 Å². The highest BCUT2D eigenvalue weighted by molar-refractivity contribution is 7.45. The number of ether oxygens (including phenoxy) is 2. The van der Waals surface area contributed by atoms with Crippen molar-refractivity contribution in [1.29, 1.82) is 0 Å². The lowest BCUT2D eigenvalue weighted by molar-refractivity contribution is -0.870. The summed E-state index contributed by atoms with van der Waals surface area (Å²) in [5.74, 6) is -1.26. The fraction of sp³-hybridized carbons (Fsp3) is 0.913. The van der Waals surface area contributed by atoms with Gasteiger partial charge >= 0.3 is 11.9 Å². The number of nitrogens with zero attached hydrogens (tertiary/aromatic N) is 1. The Kier molecular flexibility index (Phi) is 32.2. The van der Waals surface area contributed by atoms with Gasteiger partial charge in [-0.05, 0) is 31.6 Å². The zero-order valence-corrected chi connectivity index (χ0v) is 38.9. The summed E-state index contributed by atoms with van der Waals surface area (Å²) in [5, 5.41) is 31.5. The van der Waals surface area contributed by atoms with E-state index in [0.717, 1.165) is 64.2 Å². The molecule has 0 aromatic carbocycles. The van der Waals surface area contributed by atoms with E-state index in [1.54, 1.807) is 6.08 Å². The van der Waals surface area contributed by atoms with Crippen molar-refractivity contribution in [3.63, 3.8) is 0 Å². The first-order valence-electron chi connectivity index (χ1n) is 23.7. The van der Waals surface area contributed by atoms with Gasteiger partial charge in [-0.2, -0.15) is 0 Å². The van der Waals surface area contributed by atoms with Gasteiger partial charge in [0.05, 0.1) is 46.1 Å². The Morgan fingerprint density at radius 3 is 1.78 bits per heavy atom. The Morgan fingerprint density at radius 1 is 0.712 bits per heavy atom. The number of quaternary nitrogens is 1. The van der Waals surface area contributed by atoms with E-state index in [1.165, 1.54) is 70.6 Å². The summed E-state index contributed by atoms with van der Waals surface area (Å²) in [7, 11) is 1.04. The van der Waals surface area contributed by atoms with E-state index in [9.17, 15) is 34.4 Å². The topological polar surface area (TPSA) is 172 Å². The van der Waals surface area contributed by atoms with E-state index in [-0.39, 0.29) is 37.9 Å². The van der Waals surface area contributed by atoms with Crippen molar-refractivity contribution in [1.82, 2.24) is 0 Å². The maximum Gasteiger partial charge on any atom is 0.306 e. The van der Waals surface area contributed by atoms with Crippen LogP contribution in [0.2, 0.25) is 0 Å². The van der Waals surface area contributed by atoms with Gasteiger partial charge in [0.15, 0.2) is 6.10 Å². The number of carbonyl (C=O) groups excluding carboxylic acids is 2. The predicted octanol–water partition coefficient (Wildman–Crippen LogP) is 9.11. The van der Waals surface area contributed by atoms with E-state index < -0.39 is 50.8 Å². The van der Waals surface area contributed by atoms with E-state index >= 15 is 0 Å². The monoisotopic (exact) mass is 862 g/mol. The molecule has 0 saturated heterocycles. The van der Waals surface area contributed by atoms with Gasteiger partial charge in [-0.25, -0.2) is 0 Å². The number of aliphatic hydroxyl groups is 3. The number of phosphoric acid groups is 1. The minimum absolute atomic E-state index is 0.0666. The average Bonchev–Trinajstić information content (AvgIpc) is 3.44. The lowest BCUT2D eigenvalue weighted by Crippen LogP contribution is -2.37. The summed E-state index contributed by atoms with van der Waals surface area (Å²) in [4.78, 5) is 37.8. The first-order valence-corrected chi connectivity index (χ1v) is 25.1. The van der Waals surface area contributed by atoms with Gasteiger partial charge in [0.25, 0.3) is 7.82 Å². The van der Waals surface area contributed by atoms with Gasteiger partial charge in [-0.15, -0.1) is 0 Å². The van der Waals surface area contributed by atoms with Crippen LogP contribution in [-0.4, -0.2) is 104 Å². The smallest absolute Gasteiger partial charge is 0.306 e. The lowest BCUT2D eigenvalue weighted by Gasteiger charge is -2.28. The van der Waals surface area contributed by atoms with Crippen LogP contribution in [0.4, 0.5) is 0 Å². The van der Waals surface area contributed by atoms with Crippen molar-refractivity contribution in [2.24, 2.45) is 11.8 Å². The van der Waals surface area contributed by atoms with E-state index in [1.807, 2.05) is 27.2 Å². The van der Waals surface area contributed by atoms with Crippen LogP contribution in [0.25, 0.3) is 0 Å². The molecule has 0 bridgehead atoms. The van der Waals surface area contributed by atoms with Gasteiger partial charge in [0.2, 0.25) is 0 Å². The molecule has 3 N–H and O–H groups in total.